The van der Waals surface area contributed by atoms with Gasteiger partial charge in [0.2, 0.25) is 0 Å². The summed E-state index contributed by atoms with van der Waals surface area (Å²) in [7, 11) is 1.73. The van der Waals surface area contributed by atoms with E-state index in [9.17, 15) is 4.79 Å². The lowest BCUT2D eigenvalue weighted by Gasteiger charge is -2.12. The van der Waals surface area contributed by atoms with Gasteiger partial charge in [-0.05, 0) is 37.6 Å². The van der Waals surface area contributed by atoms with Crippen molar-refractivity contribution in [2.24, 2.45) is 0 Å². The number of benzene rings is 1. The molecule has 1 aliphatic heterocycles. The molecule has 1 heterocycles. The summed E-state index contributed by atoms with van der Waals surface area (Å²) in [6.07, 6.45) is 1.23. The first-order valence-electron chi connectivity index (χ1n) is 13.3. The first-order chi connectivity index (χ1) is 49.4. The lowest BCUT2D eigenvalue weighted by molar-refractivity contribution is -0.159. The van der Waals surface area contributed by atoms with Crippen molar-refractivity contribution in [3.05, 3.63) is 29.8 Å². The summed E-state index contributed by atoms with van der Waals surface area (Å²) in [5.41, 5.74) is 0.539. The van der Waals surface area contributed by atoms with Gasteiger partial charge in [-0.15, -0.1) is 0 Å². The maximum Gasteiger partial charge on any atom is 0.414 e. The number of ether oxygens (including phenoxy) is 3. The SMILES string of the molecule is CCOC(=O)c1ccc(OC[C@@H]2C[C@H](OC)CN2)cc1.F.FF.FF.FF.FF.FF.FF.FF.FF.FF.FF.FF.FF.FF.FF.FF.FF.FF.FF.FF.FF.FF.FF.FF.FF.FF.FF.FF.FF.FF.FF.FF.FF.FF.FF.FF.FF.FF.O=C(O)C(=O)O. The van der Waals surface area contributed by atoms with Gasteiger partial charge < -0.3 is 29.7 Å². The quantitative estimate of drug-likeness (QED) is 0.145. The number of esters is 1. The summed E-state index contributed by atoms with van der Waals surface area (Å²) < 4.78 is 608. The lowest BCUT2D eigenvalue weighted by Crippen LogP contribution is -2.28. The molecule has 0 radical (unpaired) electrons. The Kier molecular flexibility index (Phi) is 3120. The Hall–Kier alpha value is -7.90. The maximum absolute atomic E-state index is 11.5. The fourth-order valence-corrected chi connectivity index (χ4v) is 2.19. The summed E-state index contributed by atoms with van der Waals surface area (Å²) in [5, 5.41) is 18.1. The van der Waals surface area contributed by atoms with Crippen LogP contribution in [0.25, 0.3) is 0 Å². The standard InChI is InChI=1S/C15H21NO4.C2H2O4.37F2.FH/c1-3-19-15(17)11-4-6-13(7-5-11)20-10-12-8-14(18-2)9-16-12;3-1(4)2(5)6;37*1-2;/h4-7,12,14,16H,3,8-10H2,1-2H3;(H,3,4)(H,5,6);;;;;;;;;;;;;;;;;;;;;;;;;;;;;;;;;;;;;;1H/t12-,14-;;;;;;;;;;;;;;;;;;;;;;;;;;;;;;;;;;;;;;;/m0......................................./s1. The molecule has 2 rings (SSSR count). The molecule has 1 saturated heterocycles. The minimum absolute atomic E-state index is 0. The van der Waals surface area contributed by atoms with E-state index in [2.05, 4.69) is 5.32 Å². The number of halogens is 75. The van der Waals surface area contributed by atoms with Crippen molar-refractivity contribution in [2.75, 3.05) is 26.9 Å². The van der Waals surface area contributed by atoms with Gasteiger partial charge >= 0.3 is 17.9 Å². The molecule has 1 aromatic rings. The first kappa shape index (κ1) is 260. The average Bonchev–Trinajstić information content (AvgIpc) is 2.62. The Balaban J connectivity index is -0.0000000120. The van der Waals surface area contributed by atoms with Gasteiger partial charge in [-0.3, -0.25) is 4.70 Å². The molecule has 3 N–H and O–H groups in total. The molecule has 2 atom stereocenters. The Bertz CT molecular complexity index is 672. The topological polar surface area (TPSA) is 131 Å². The van der Waals surface area contributed by atoms with Crippen LogP contribution in [-0.2, 0) is 19.1 Å². The number of aliphatic carboxylic acids is 2. The molecule has 1 aliphatic rings. The highest BCUT2D eigenvalue weighted by Crippen LogP contribution is 2.16. The first-order valence-corrected chi connectivity index (χ1v) is 13.3. The number of methoxy groups -OCH3 is 1. The third kappa shape index (κ3) is 883. The van der Waals surface area contributed by atoms with Crippen LogP contribution in [0.3, 0.4) is 0 Å². The number of nitrogens with one attached hydrogen (secondary N) is 1. The Morgan fingerprint density at radius 2 is 0.485 bits per heavy atom. The molecule has 670 valence electrons. The van der Waals surface area contributed by atoms with E-state index < -0.39 is 11.9 Å². The molecular weight excluding hydrogens is 1770 g/mol. The summed E-state index contributed by atoms with van der Waals surface area (Å²) in [6.45, 7) is 3.63. The average molecular weight is 1800 g/mol. The second kappa shape index (κ2) is 1210. The fraction of sp³-hybridized carbons (Fsp3) is 0.471. The zero-order valence-electron chi connectivity index (χ0n) is 43.0. The van der Waals surface area contributed by atoms with E-state index in [1.54, 1.807) is 38.3 Å². The smallest absolute Gasteiger partial charge is 0.414 e. The van der Waals surface area contributed by atoms with E-state index in [4.69, 9.17) is 373 Å². The summed E-state index contributed by atoms with van der Waals surface area (Å²) in [6, 6.07) is 7.31. The van der Waals surface area contributed by atoms with Gasteiger partial charge in [-0.2, -0.15) is 0 Å². The van der Waals surface area contributed by atoms with Crippen LogP contribution in [0.2, 0.25) is 0 Å². The van der Waals surface area contributed by atoms with E-state index in [0.29, 0.717) is 24.8 Å². The Morgan fingerprint density at radius 3 is 0.604 bits per heavy atom. The van der Waals surface area contributed by atoms with Crippen LogP contribution < -0.4 is 10.1 Å². The van der Waals surface area contributed by atoms with Crippen LogP contribution in [0.4, 0.5) is 343 Å². The Labute approximate surface area is 495 Å². The van der Waals surface area contributed by atoms with Crippen LogP contribution in [-0.4, -0.2) is 67.1 Å². The number of carbonyl (C=O) groups excluding carboxylic acids is 1. The summed E-state index contributed by atoms with van der Waals surface area (Å²) in [4.78, 5) is 29.7. The van der Waals surface area contributed by atoms with Crippen LogP contribution in [0.1, 0.15) is 23.7 Å². The molecule has 0 amide bonds. The van der Waals surface area contributed by atoms with Crippen molar-refractivity contribution in [1.29, 1.82) is 0 Å². The molecule has 0 aliphatic carbocycles. The highest BCUT2D eigenvalue weighted by Gasteiger charge is 2.24. The van der Waals surface area contributed by atoms with Gasteiger partial charge in [0.25, 0.3) is 0 Å². The highest BCUT2D eigenvalue weighted by molar-refractivity contribution is 6.27. The number of hydrogen-bond acceptors (Lipinski definition) is 7. The summed E-state index contributed by atoms with van der Waals surface area (Å²) in [5.74, 6) is -3.20. The normalized spacial score (nSPS) is 6.93. The molecular formula is C17H24F75NO8. The van der Waals surface area contributed by atoms with Gasteiger partial charge in [-0.25, -0.2) is 14.4 Å². The van der Waals surface area contributed by atoms with E-state index in [0.717, 1.165) is 18.7 Å². The van der Waals surface area contributed by atoms with Crippen LogP contribution in [0.5, 0.6) is 5.75 Å². The van der Waals surface area contributed by atoms with Crippen LogP contribution in [0, 0.1) is 0 Å². The fourth-order valence-electron chi connectivity index (χ4n) is 2.19. The predicted octanol–water partition coefficient (Wildman–Crippen LogP) is 32.0. The zero-order chi connectivity index (χ0) is 93.5. The van der Waals surface area contributed by atoms with E-state index >= 15 is 0 Å². The van der Waals surface area contributed by atoms with Gasteiger partial charge in [0, 0.05) is 358 Å². The molecule has 1 aromatic carbocycles. The zero-order valence-corrected chi connectivity index (χ0v) is 43.0. The van der Waals surface area contributed by atoms with Gasteiger partial charge in [0.1, 0.15) is 12.4 Å². The van der Waals surface area contributed by atoms with Crippen molar-refractivity contribution >= 4 is 17.9 Å². The minimum atomic E-state index is -1.82. The molecule has 9 nitrogen and oxygen atoms in total. The van der Waals surface area contributed by atoms with Crippen LogP contribution in [0.15, 0.2) is 24.3 Å². The van der Waals surface area contributed by atoms with Crippen molar-refractivity contribution in [1.82, 2.24) is 5.32 Å². The molecule has 0 unspecified atom stereocenters. The van der Waals surface area contributed by atoms with E-state index in [-0.39, 0.29) is 16.8 Å². The number of carbonyl (C=O) groups is 3. The third-order valence-electron chi connectivity index (χ3n) is 3.51. The number of carboxylic acids is 2. The van der Waals surface area contributed by atoms with Crippen molar-refractivity contribution < 1.29 is 382 Å². The molecule has 0 saturated carbocycles. The van der Waals surface area contributed by atoms with Gasteiger partial charge in [0.15, 0.2) is 0 Å². The number of hydrogen-bond donors (Lipinski definition) is 3. The maximum atomic E-state index is 11.5. The third-order valence-corrected chi connectivity index (χ3v) is 3.51. The molecule has 84 heteroatoms. The van der Waals surface area contributed by atoms with Gasteiger partial charge in [0.05, 0.1) is 18.3 Å². The van der Waals surface area contributed by atoms with Crippen molar-refractivity contribution in [2.45, 2.75) is 25.5 Å². The monoisotopic (exact) mass is 1800 g/mol. The number of carboxylic acid groups (broad SMARTS) is 2. The minimum Gasteiger partial charge on any atom is -0.492 e. The van der Waals surface area contributed by atoms with Crippen molar-refractivity contribution in [3.63, 3.8) is 0 Å². The molecule has 101 heavy (non-hydrogen) atoms. The highest BCUT2D eigenvalue weighted by atomic mass is 20.1. The van der Waals surface area contributed by atoms with Crippen molar-refractivity contribution in [3.8, 4) is 5.75 Å². The molecule has 0 aromatic heterocycles. The van der Waals surface area contributed by atoms with E-state index in [1.165, 1.54) is 0 Å². The lowest BCUT2D eigenvalue weighted by atomic mass is 10.2. The Morgan fingerprint density at radius 1 is 0.327 bits per heavy atom. The largest absolute Gasteiger partial charge is 0.492 e. The van der Waals surface area contributed by atoms with Crippen LogP contribution >= 0.6 is 0 Å². The molecule has 0 spiro atoms. The van der Waals surface area contributed by atoms with Gasteiger partial charge in [-0.1, -0.05) is 0 Å². The number of rotatable bonds is 6. The second-order valence-electron chi connectivity index (χ2n) is 5.36. The molecule has 0 bridgehead atoms. The second-order valence-corrected chi connectivity index (χ2v) is 5.36. The predicted molar refractivity (Wildman–Crippen MR) is 175 cm³/mol. The summed E-state index contributed by atoms with van der Waals surface area (Å²) >= 11 is 0. The molecule has 1 fully saturated rings. The van der Waals surface area contributed by atoms with E-state index in [1.807, 2.05) is 0 Å².